The third kappa shape index (κ3) is 4.80. The van der Waals surface area contributed by atoms with E-state index in [-0.39, 0.29) is 11.9 Å². The van der Waals surface area contributed by atoms with Crippen LogP contribution in [0.1, 0.15) is 44.5 Å². The van der Waals surface area contributed by atoms with Gasteiger partial charge in [0.1, 0.15) is 18.1 Å². The Balaban J connectivity index is 1.52. The van der Waals surface area contributed by atoms with Crippen LogP contribution < -0.4 is 10.1 Å². The van der Waals surface area contributed by atoms with Gasteiger partial charge in [0.15, 0.2) is 0 Å². The van der Waals surface area contributed by atoms with Crippen molar-refractivity contribution in [2.24, 2.45) is 0 Å². The third-order valence-electron chi connectivity index (χ3n) is 5.11. The molecule has 4 rings (SSSR count). The maximum absolute atomic E-state index is 13.1. The summed E-state index contributed by atoms with van der Waals surface area (Å²) in [7, 11) is 0. The fraction of sp³-hybridized carbons (Fsp3) is 0.160. The Morgan fingerprint density at radius 1 is 1.00 bits per heavy atom. The number of pyridine rings is 1. The molecular weight excluding hydrogens is 390 g/mol. The van der Waals surface area contributed by atoms with Gasteiger partial charge < -0.3 is 14.6 Å². The van der Waals surface area contributed by atoms with Gasteiger partial charge in [-0.3, -0.25) is 9.78 Å². The molecule has 2 aromatic heterocycles. The molecule has 0 aliphatic carbocycles. The second-order valence-corrected chi connectivity index (χ2v) is 7.22. The third-order valence-corrected chi connectivity index (χ3v) is 5.11. The summed E-state index contributed by atoms with van der Waals surface area (Å²) < 4.78 is 11.1. The van der Waals surface area contributed by atoms with Crippen LogP contribution in [0.2, 0.25) is 0 Å². The molecule has 156 valence electrons. The van der Waals surface area contributed by atoms with Crippen molar-refractivity contribution in [1.82, 2.24) is 15.5 Å². The van der Waals surface area contributed by atoms with Crippen LogP contribution in [0.15, 0.2) is 83.6 Å². The minimum atomic E-state index is -0.288. The second-order valence-electron chi connectivity index (χ2n) is 7.22. The van der Waals surface area contributed by atoms with Crippen molar-refractivity contribution < 1.29 is 14.1 Å². The van der Waals surface area contributed by atoms with Gasteiger partial charge in [0.25, 0.3) is 5.91 Å². The van der Waals surface area contributed by atoms with Gasteiger partial charge in [0, 0.05) is 18.0 Å². The lowest BCUT2D eigenvalue weighted by atomic mass is 9.99. The number of hydrogen-bond donors (Lipinski definition) is 1. The van der Waals surface area contributed by atoms with Crippen molar-refractivity contribution >= 4 is 5.91 Å². The zero-order valence-electron chi connectivity index (χ0n) is 17.4. The highest BCUT2D eigenvalue weighted by molar-refractivity contribution is 5.95. The molecule has 1 atom stereocenters. The number of nitrogens with zero attached hydrogens (tertiary/aromatic N) is 2. The number of carbonyl (C=O) groups is 1. The number of benzene rings is 2. The lowest BCUT2D eigenvalue weighted by Crippen LogP contribution is -2.29. The highest BCUT2D eigenvalue weighted by Gasteiger charge is 2.18. The van der Waals surface area contributed by atoms with Crippen molar-refractivity contribution in [3.8, 4) is 5.75 Å². The Labute approximate surface area is 180 Å². The Kier molecular flexibility index (Phi) is 6.08. The van der Waals surface area contributed by atoms with E-state index in [9.17, 15) is 4.79 Å². The number of ether oxygens (including phenoxy) is 1. The SMILES string of the molecule is Cc1noc(C)c1COc1cccc(C(=O)NC(c2ccccc2)c2ccncc2)c1. The van der Waals surface area contributed by atoms with Crippen molar-refractivity contribution in [3.05, 3.63) is 113 Å². The molecule has 0 radical (unpaired) electrons. The summed E-state index contributed by atoms with van der Waals surface area (Å²) in [5, 5.41) is 7.07. The quantitative estimate of drug-likeness (QED) is 0.472. The van der Waals surface area contributed by atoms with Crippen LogP contribution in [-0.4, -0.2) is 16.0 Å². The molecule has 4 aromatic rings. The zero-order valence-corrected chi connectivity index (χ0v) is 17.4. The van der Waals surface area contributed by atoms with E-state index < -0.39 is 0 Å². The number of carbonyl (C=O) groups excluding carboxylic acids is 1. The van der Waals surface area contributed by atoms with E-state index in [0.717, 1.165) is 28.1 Å². The molecule has 0 fully saturated rings. The number of amides is 1. The average Bonchev–Trinajstić information content (AvgIpc) is 3.14. The van der Waals surface area contributed by atoms with Crippen LogP contribution in [0.4, 0.5) is 0 Å². The summed E-state index contributed by atoms with van der Waals surface area (Å²) in [6, 6.07) is 20.5. The Morgan fingerprint density at radius 2 is 1.74 bits per heavy atom. The Bertz CT molecular complexity index is 1100. The van der Waals surface area contributed by atoms with Crippen LogP contribution in [0.3, 0.4) is 0 Å². The molecule has 0 aliphatic heterocycles. The summed E-state index contributed by atoms with van der Waals surface area (Å²) in [4.78, 5) is 17.2. The van der Waals surface area contributed by atoms with Gasteiger partial charge in [-0.25, -0.2) is 0 Å². The first-order valence-electron chi connectivity index (χ1n) is 10.0. The predicted molar refractivity (Wildman–Crippen MR) is 117 cm³/mol. The Morgan fingerprint density at radius 3 is 2.45 bits per heavy atom. The number of aromatic nitrogens is 2. The highest BCUT2D eigenvalue weighted by atomic mass is 16.5. The van der Waals surface area contributed by atoms with Crippen LogP contribution >= 0.6 is 0 Å². The van der Waals surface area contributed by atoms with Crippen LogP contribution in [0, 0.1) is 13.8 Å². The van der Waals surface area contributed by atoms with E-state index in [1.165, 1.54) is 0 Å². The summed E-state index contributed by atoms with van der Waals surface area (Å²) in [6.45, 7) is 4.06. The van der Waals surface area contributed by atoms with E-state index >= 15 is 0 Å². The summed E-state index contributed by atoms with van der Waals surface area (Å²) in [6.07, 6.45) is 3.45. The summed E-state index contributed by atoms with van der Waals surface area (Å²) >= 11 is 0. The fourth-order valence-electron chi connectivity index (χ4n) is 3.37. The van der Waals surface area contributed by atoms with E-state index in [0.29, 0.717) is 17.9 Å². The number of aryl methyl sites for hydroxylation is 2. The topological polar surface area (TPSA) is 77.2 Å². The van der Waals surface area contributed by atoms with Gasteiger partial charge >= 0.3 is 0 Å². The maximum Gasteiger partial charge on any atom is 0.252 e. The lowest BCUT2D eigenvalue weighted by molar-refractivity contribution is 0.0942. The van der Waals surface area contributed by atoms with E-state index in [1.54, 1.807) is 24.5 Å². The molecule has 2 heterocycles. The first-order chi connectivity index (χ1) is 15.1. The molecule has 2 aromatic carbocycles. The molecule has 1 amide bonds. The molecule has 0 bridgehead atoms. The number of rotatable bonds is 7. The highest BCUT2D eigenvalue weighted by Crippen LogP contribution is 2.23. The van der Waals surface area contributed by atoms with Gasteiger partial charge in [-0.05, 0) is 55.3 Å². The molecular formula is C25H23N3O3. The fourth-order valence-corrected chi connectivity index (χ4v) is 3.37. The summed E-state index contributed by atoms with van der Waals surface area (Å²) in [5.74, 6) is 1.15. The normalized spacial score (nSPS) is 11.7. The average molecular weight is 413 g/mol. The maximum atomic E-state index is 13.1. The molecule has 0 saturated heterocycles. The first kappa shape index (κ1) is 20.3. The van der Waals surface area contributed by atoms with Crippen molar-refractivity contribution in [2.45, 2.75) is 26.5 Å². The van der Waals surface area contributed by atoms with Crippen LogP contribution in [0.25, 0.3) is 0 Å². The monoisotopic (exact) mass is 413 g/mol. The zero-order chi connectivity index (χ0) is 21.6. The van der Waals surface area contributed by atoms with Gasteiger partial charge in [-0.15, -0.1) is 0 Å². The first-order valence-corrected chi connectivity index (χ1v) is 10.0. The van der Waals surface area contributed by atoms with Crippen molar-refractivity contribution in [3.63, 3.8) is 0 Å². The molecule has 0 aliphatic rings. The number of nitrogens with one attached hydrogen (secondary N) is 1. The van der Waals surface area contributed by atoms with Crippen LogP contribution in [-0.2, 0) is 6.61 Å². The second kappa shape index (κ2) is 9.26. The Hall–Kier alpha value is -3.93. The molecule has 6 nitrogen and oxygen atoms in total. The molecule has 31 heavy (non-hydrogen) atoms. The largest absolute Gasteiger partial charge is 0.489 e. The van der Waals surface area contributed by atoms with Gasteiger partial charge in [-0.1, -0.05) is 41.6 Å². The molecule has 6 heteroatoms. The lowest BCUT2D eigenvalue weighted by Gasteiger charge is -2.20. The number of hydrogen-bond acceptors (Lipinski definition) is 5. The van der Waals surface area contributed by atoms with E-state index in [2.05, 4.69) is 15.5 Å². The van der Waals surface area contributed by atoms with Crippen molar-refractivity contribution in [2.75, 3.05) is 0 Å². The smallest absolute Gasteiger partial charge is 0.252 e. The van der Waals surface area contributed by atoms with Crippen LogP contribution in [0.5, 0.6) is 5.75 Å². The molecule has 0 saturated carbocycles. The molecule has 1 unspecified atom stereocenters. The van der Waals surface area contributed by atoms with Gasteiger partial charge in [-0.2, -0.15) is 0 Å². The van der Waals surface area contributed by atoms with E-state index in [4.69, 9.17) is 9.26 Å². The molecule has 1 N–H and O–H groups in total. The van der Waals surface area contributed by atoms with E-state index in [1.807, 2.05) is 68.4 Å². The minimum absolute atomic E-state index is 0.187. The van der Waals surface area contributed by atoms with Crippen molar-refractivity contribution in [1.29, 1.82) is 0 Å². The van der Waals surface area contributed by atoms with Gasteiger partial charge in [0.2, 0.25) is 0 Å². The molecule has 0 spiro atoms. The van der Waals surface area contributed by atoms with Gasteiger partial charge in [0.05, 0.1) is 17.3 Å². The predicted octanol–water partition coefficient (Wildman–Crippen LogP) is 4.78. The standard InChI is InChI=1S/C25H23N3O3/c1-17-23(18(2)31-28-17)16-30-22-10-6-9-21(15-22)25(29)27-24(19-7-4-3-5-8-19)20-11-13-26-14-12-20/h3-15,24H,16H2,1-2H3,(H,27,29). The minimum Gasteiger partial charge on any atom is -0.489 e. The summed E-state index contributed by atoms with van der Waals surface area (Å²) in [5.41, 5.74) is 4.19.